The third-order valence-electron chi connectivity index (χ3n) is 2.29. The fourth-order valence-electron chi connectivity index (χ4n) is 1.47. The first-order valence-electron chi connectivity index (χ1n) is 5.67. The molecule has 0 saturated heterocycles. The maximum absolute atomic E-state index is 11.5. The fraction of sp³-hybridized carbons (Fsp3) is 0.143. The number of hydrogen-bond acceptors (Lipinski definition) is 5. The van der Waals surface area contributed by atoms with Crippen LogP contribution >= 0.6 is 11.3 Å². The molecule has 2 aromatic heterocycles. The first-order valence-corrected chi connectivity index (χ1v) is 6.55. The maximum atomic E-state index is 11.5. The zero-order chi connectivity index (χ0) is 13.7. The van der Waals surface area contributed by atoms with E-state index in [4.69, 9.17) is 14.4 Å². The van der Waals surface area contributed by atoms with E-state index in [2.05, 4.69) is 0 Å². The molecule has 0 spiro atoms. The number of carbonyl (C=O) groups is 1. The summed E-state index contributed by atoms with van der Waals surface area (Å²) < 4.78 is 10.3. The van der Waals surface area contributed by atoms with Crippen LogP contribution in [0.25, 0.3) is 16.7 Å². The summed E-state index contributed by atoms with van der Waals surface area (Å²) >= 11 is 1.56. The average molecular weight is 273 g/mol. The molecule has 2 aromatic rings. The van der Waals surface area contributed by atoms with E-state index in [1.165, 1.54) is 6.08 Å². The van der Waals surface area contributed by atoms with Crippen molar-refractivity contribution in [3.63, 3.8) is 0 Å². The summed E-state index contributed by atoms with van der Waals surface area (Å²) in [5, 5.41) is 10.9. The van der Waals surface area contributed by atoms with Gasteiger partial charge < -0.3 is 9.15 Å². The first kappa shape index (κ1) is 13.1. The van der Waals surface area contributed by atoms with Crippen molar-refractivity contribution in [2.24, 2.45) is 0 Å². The summed E-state index contributed by atoms with van der Waals surface area (Å²) in [5.41, 5.74) is -0.0751. The van der Waals surface area contributed by atoms with E-state index in [0.717, 1.165) is 4.88 Å². The molecule has 0 aliphatic rings. The van der Waals surface area contributed by atoms with E-state index < -0.39 is 5.97 Å². The Hall–Kier alpha value is -2.32. The van der Waals surface area contributed by atoms with Crippen LogP contribution in [0.4, 0.5) is 0 Å². The summed E-state index contributed by atoms with van der Waals surface area (Å²) in [4.78, 5) is 12.5. The van der Waals surface area contributed by atoms with Crippen LogP contribution in [0.1, 0.15) is 12.7 Å². The van der Waals surface area contributed by atoms with Crippen LogP contribution in [0.3, 0.4) is 0 Å². The van der Waals surface area contributed by atoms with Crippen molar-refractivity contribution in [1.82, 2.24) is 0 Å². The highest BCUT2D eigenvalue weighted by Gasteiger charge is 2.11. The Morgan fingerprint density at radius 2 is 2.37 bits per heavy atom. The van der Waals surface area contributed by atoms with Crippen LogP contribution in [-0.2, 0) is 9.53 Å². The lowest BCUT2D eigenvalue weighted by Crippen LogP contribution is -2.05. The van der Waals surface area contributed by atoms with E-state index in [1.807, 2.05) is 23.6 Å². The number of ether oxygens (including phenoxy) is 1. The van der Waals surface area contributed by atoms with Crippen molar-refractivity contribution in [1.29, 1.82) is 5.26 Å². The minimum atomic E-state index is -0.640. The van der Waals surface area contributed by atoms with Crippen molar-refractivity contribution < 1.29 is 13.9 Å². The third-order valence-corrected chi connectivity index (χ3v) is 3.18. The number of thiophene rings is 1. The third kappa shape index (κ3) is 3.12. The molecule has 2 heterocycles. The zero-order valence-corrected chi connectivity index (χ0v) is 11.1. The lowest BCUT2D eigenvalue weighted by atomic mass is 10.2. The molecule has 4 nitrogen and oxygen atoms in total. The van der Waals surface area contributed by atoms with Gasteiger partial charge in [-0.25, -0.2) is 4.79 Å². The zero-order valence-electron chi connectivity index (χ0n) is 10.3. The Morgan fingerprint density at radius 3 is 3.00 bits per heavy atom. The number of nitriles is 1. The highest BCUT2D eigenvalue weighted by molar-refractivity contribution is 7.13. The van der Waals surface area contributed by atoms with Gasteiger partial charge in [-0.2, -0.15) is 5.26 Å². The van der Waals surface area contributed by atoms with Gasteiger partial charge in [-0.05, 0) is 30.5 Å². The summed E-state index contributed by atoms with van der Waals surface area (Å²) in [6.45, 7) is 1.92. The molecule has 0 aliphatic carbocycles. The molecule has 0 bridgehead atoms. The second-order valence-corrected chi connectivity index (χ2v) is 4.52. The van der Waals surface area contributed by atoms with E-state index in [9.17, 15) is 4.79 Å². The average Bonchev–Trinajstić information content (AvgIpc) is 3.06. The summed E-state index contributed by atoms with van der Waals surface area (Å²) in [6.07, 6.45) is 1.38. The van der Waals surface area contributed by atoms with Crippen molar-refractivity contribution in [3.8, 4) is 16.7 Å². The van der Waals surface area contributed by atoms with Gasteiger partial charge in [-0.15, -0.1) is 11.3 Å². The van der Waals surface area contributed by atoms with Gasteiger partial charge in [0.25, 0.3) is 0 Å². The van der Waals surface area contributed by atoms with Crippen LogP contribution in [0.15, 0.2) is 39.6 Å². The van der Waals surface area contributed by atoms with E-state index >= 15 is 0 Å². The lowest BCUT2D eigenvalue weighted by molar-refractivity contribution is -0.137. The van der Waals surface area contributed by atoms with Gasteiger partial charge in [0.15, 0.2) is 0 Å². The highest BCUT2D eigenvalue weighted by Crippen LogP contribution is 2.27. The molecule has 0 amide bonds. The number of nitrogens with zero attached hydrogens (tertiary/aromatic N) is 1. The lowest BCUT2D eigenvalue weighted by Gasteiger charge is -1.98. The number of furan rings is 1. The Morgan fingerprint density at radius 1 is 1.53 bits per heavy atom. The Labute approximate surface area is 114 Å². The topological polar surface area (TPSA) is 63.2 Å². The standard InChI is InChI=1S/C14H11NO3S/c1-2-17-14(16)10(9-15)8-11-5-6-12(18-11)13-4-3-7-19-13/h3-8H,2H2,1H3/b10-8+. The highest BCUT2D eigenvalue weighted by atomic mass is 32.1. The van der Waals surface area contributed by atoms with Gasteiger partial charge >= 0.3 is 5.97 Å². The molecule has 0 radical (unpaired) electrons. The fourth-order valence-corrected chi connectivity index (χ4v) is 2.16. The van der Waals surface area contributed by atoms with Gasteiger partial charge in [-0.3, -0.25) is 0 Å². The number of esters is 1. The van der Waals surface area contributed by atoms with E-state index in [0.29, 0.717) is 11.5 Å². The van der Waals surface area contributed by atoms with Crippen LogP contribution < -0.4 is 0 Å². The molecule has 2 rings (SSSR count). The van der Waals surface area contributed by atoms with Crippen molar-refractivity contribution >= 4 is 23.4 Å². The van der Waals surface area contributed by atoms with E-state index in [1.54, 1.807) is 30.4 Å². The van der Waals surface area contributed by atoms with Gasteiger partial charge in [-0.1, -0.05) is 6.07 Å². The molecule has 0 atom stereocenters. The normalized spacial score (nSPS) is 11.1. The minimum absolute atomic E-state index is 0.0751. The molecule has 96 valence electrons. The number of rotatable bonds is 4. The summed E-state index contributed by atoms with van der Waals surface area (Å²) in [7, 11) is 0. The molecule has 0 N–H and O–H groups in total. The van der Waals surface area contributed by atoms with Gasteiger partial charge in [0.05, 0.1) is 11.5 Å². The summed E-state index contributed by atoms with van der Waals surface area (Å²) in [6, 6.07) is 9.19. The number of carbonyl (C=O) groups excluding carboxylic acids is 1. The summed E-state index contributed by atoms with van der Waals surface area (Å²) in [5.74, 6) is 0.523. The van der Waals surface area contributed by atoms with Gasteiger partial charge in [0.2, 0.25) is 0 Å². The molecule has 0 fully saturated rings. The van der Waals surface area contributed by atoms with Crippen LogP contribution in [-0.4, -0.2) is 12.6 Å². The van der Waals surface area contributed by atoms with Crippen molar-refractivity contribution in [2.45, 2.75) is 6.92 Å². The number of hydrogen-bond donors (Lipinski definition) is 0. The monoisotopic (exact) mass is 273 g/mol. The molecule has 0 unspecified atom stereocenters. The van der Waals surface area contributed by atoms with Gasteiger partial charge in [0, 0.05) is 6.08 Å². The Balaban J connectivity index is 2.23. The second kappa shape index (κ2) is 6.03. The van der Waals surface area contributed by atoms with Crippen LogP contribution in [0, 0.1) is 11.3 Å². The molecule has 0 aromatic carbocycles. The molecular weight excluding hydrogens is 262 g/mol. The van der Waals surface area contributed by atoms with Crippen molar-refractivity contribution in [3.05, 3.63) is 41.0 Å². The Kier molecular flexibility index (Phi) is 4.16. The molecule has 0 aliphatic heterocycles. The molecular formula is C14H11NO3S. The molecule has 5 heteroatoms. The second-order valence-electron chi connectivity index (χ2n) is 3.57. The largest absolute Gasteiger partial charge is 0.462 e. The van der Waals surface area contributed by atoms with E-state index in [-0.39, 0.29) is 12.2 Å². The minimum Gasteiger partial charge on any atom is -0.462 e. The predicted octanol–water partition coefficient (Wildman–Crippen LogP) is 3.48. The smallest absolute Gasteiger partial charge is 0.349 e. The first-order chi connectivity index (χ1) is 9.24. The van der Waals surface area contributed by atoms with Crippen LogP contribution in [0.5, 0.6) is 0 Å². The molecule has 19 heavy (non-hydrogen) atoms. The van der Waals surface area contributed by atoms with Gasteiger partial charge in [0.1, 0.15) is 23.2 Å². The van der Waals surface area contributed by atoms with Crippen LogP contribution in [0.2, 0.25) is 0 Å². The molecule has 0 saturated carbocycles. The SMILES string of the molecule is CCOC(=O)/C(C#N)=C/c1ccc(-c2cccs2)o1. The maximum Gasteiger partial charge on any atom is 0.349 e. The Bertz CT molecular complexity index is 632. The quantitative estimate of drug-likeness (QED) is 0.486. The van der Waals surface area contributed by atoms with Crippen molar-refractivity contribution in [2.75, 3.05) is 6.61 Å². The predicted molar refractivity (Wildman–Crippen MR) is 72.2 cm³/mol.